The fourth-order valence-electron chi connectivity index (χ4n) is 4.84. The lowest BCUT2D eigenvalue weighted by atomic mass is 9.90. The van der Waals surface area contributed by atoms with Crippen molar-refractivity contribution in [3.8, 4) is 0 Å². The quantitative estimate of drug-likeness (QED) is 0.887. The lowest BCUT2D eigenvalue weighted by Crippen LogP contribution is -2.39. The van der Waals surface area contributed by atoms with Crippen LogP contribution in [0.25, 0.3) is 0 Å². The van der Waals surface area contributed by atoms with Crippen molar-refractivity contribution in [2.75, 3.05) is 45.8 Å². The lowest BCUT2D eigenvalue weighted by molar-refractivity contribution is -0.134. The molecule has 4 rings (SSSR count). The molecule has 1 aromatic rings. The van der Waals surface area contributed by atoms with Crippen molar-refractivity contribution >= 4 is 5.91 Å². The second kappa shape index (κ2) is 7.46. The maximum Gasteiger partial charge on any atom is 0.227 e. The smallest absolute Gasteiger partial charge is 0.227 e. The van der Waals surface area contributed by atoms with Crippen LogP contribution in [0.5, 0.6) is 0 Å². The Morgan fingerprint density at radius 1 is 1.24 bits per heavy atom. The van der Waals surface area contributed by atoms with Gasteiger partial charge >= 0.3 is 0 Å². The number of aryl methyl sites for hydroxylation is 1. The number of nitrogens with zero attached hydrogens (tertiary/aromatic N) is 4. The summed E-state index contributed by atoms with van der Waals surface area (Å²) >= 11 is 0. The molecular formula is C19H31N5O. The molecule has 3 saturated heterocycles. The molecule has 0 radical (unpaired) electrons. The number of amides is 1. The topological polar surface area (TPSA) is 53.4 Å². The number of rotatable bonds is 4. The van der Waals surface area contributed by atoms with E-state index in [1.165, 1.54) is 50.9 Å². The average Bonchev–Trinajstić information content (AvgIpc) is 3.35. The molecule has 3 fully saturated rings. The number of aromatic nitrogens is 2. The van der Waals surface area contributed by atoms with Crippen LogP contribution in [0, 0.1) is 11.8 Å². The van der Waals surface area contributed by atoms with Crippen molar-refractivity contribution in [3.63, 3.8) is 0 Å². The van der Waals surface area contributed by atoms with Crippen LogP contribution in [0.3, 0.4) is 0 Å². The molecule has 6 nitrogen and oxygen atoms in total. The zero-order valence-corrected chi connectivity index (χ0v) is 15.4. The third-order valence-electron chi connectivity index (χ3n) is 6.25. The summed E-state index contributed by atoms with van der Waals surface area (Å²) in [6.45, 7) is 7.25. The highest BCUT2D eigenvalue weighted by atomic mass is 16.2. The summed E-state index contributed by atoms with van der Waals surface area (Å²) in [6, 6.07) is 0. The van der Waals surface area contributed by atoms with E-state index in [9.17, 15) is 4.79 Å². The predicted molar refractivity (Wildman–Crippen MR) is 97.3 cm³/mol. The van der Waals surface area contributed by atoms with Crippen molar-refractivity contribution in [2.24, 2.45) is 18.9 Å². The van der Waals surface area contributed by atoms with Crippen LogP contribution >= 0.6 is 0 Å². The Morgan fingerprint density at radius 3 is 2.84 bits per heavy atom. The van der Waals surface area contributed by atoms with Gasteiger partial charge in [-0.2, -0.15) is 5.10 Å². The van der Waals surface area contributed by atoms with Gasteiger partial charge in [0, 0.05) is 51.9 Å². The fourth-order valence-corrected chi connectivity index (χ4v) is 4.84. The van der Waals surface area contributed by atoms with Gasteiger partial charge in [0.2, 0.25) is 5.91 Å². The van der Waals surface area contributed by atoms with Gasteiger partial charge in [0.25, 0.3) is 0 Å². The summed E-state index contributed by atoms with van der Waals surface area (Å²) in [7, 11) is 1.94. The highest BCUT2D eigenvalue weighted by Gasteiger charge is 2.39. The van der Waals surface area contributed by atoms with Gasteiger partial charge in [0.05, 0.1) is 12.1 Å². The van der Waals surface area contributed by atoms with Gasteiger partial charge < -0.3 is 15.1 Å². The summed E-state index contributed by atoms with van der Waals surface area (Å²) in [5.41, 5.74) is 1.19. The van der Waals surface area contributed by atoms with Gasteiger partial charge in [-0.05, 0) is 43.8 Å². The monoisotopic (exact) mass is 345 g/mol. The van der Waals surface area contributed by atoms with Gasteiger partial charge in [0.1, 0.15) is 0 Å². The number of likely N-dealkylation sites (tertiary alicyclic amines) is 2. The molecule has 3 aliphatic heterocycles. The van der Waals surface area contributed by atoms with Crippen molar-refractivity contribution in [1.29, 1.82) is 0 Å². The molecule has 3 atom stereocenters. The molecule has 6 heteroatoms. The molecule has 0 aliphatic carbocycles. The third-order valence-corrected chi connectivity index (χ3v) is 6.25. The number of carbonyl (C=O) groups is 1. The molecule has 0 saturated carbocycles. The van der Waals surface area contributed by atoms with E-state index in [0.29, 0.717) is 11.8 Å². The van der Waals surface area contributed by atoms with E-state index >= 15 is 0 Å². The molecule has 0 spiro atoms. The van der Waals surface area contributed by atoms with E-state index in [4.69, 9.17) is 0 Å². The Bertz CT molecular complexity index is 594. The first kappa shape index (κ1) is 17.0. The van der Waals surface area contributed by atoms with Gasteiger partial charge in [-0.15, -0.1) is 0 Å². The Kier molecular flexibility index (Phi) is 5.08. The molecule has 1 aromatic heterocycles. The normalized spacial score (nSPS) is 30.9. The molecule has 1 unspecified atom stereocenters. The Hall–Kier alpha value is -1.40. The molecule has 3 aliphatic rings. The van der Waals surface area contributed by atoms with Gasteiger partial charge in [-0.25, -0.2) is 0 Å². The number of nitrogens with one attached hydrogen (secondary N) is 1. The first-order valence-electron chi connectivity index (χ1n) is 9.91. The molecule has 138 valence electrons. The molecule has 0 bridgehead atoms. The Labute approximate surface area is 150 Å². The van der Waals surface area contributed by atoms with Crippen molar-refractivity contribution in [3.05, 3.63) is 18.0 Å². The molecule has 25 heavy (non-hydrogen) atoms. The fraction of sp³-hybridized carbons (Fsp3) is 0.789. The van der Waals surface area contributed by atoms with E-state index < -0.39 is 0 Å². The molecule has 0 aromatic carbocycles. The Balaban J connectivity index is 1.34. The Morgan fingerprint density at radius 2 is 2.08 bits per heavy atom. The SMILES string of the molecule is Cn1cc([C@H]2CNC[C@@H]2C(=O)N2CCC(CN3CCCCC3)C2)cn1. The van der Waals surface area contributed by atoms with Crippen LogP contribution in [0.1, 0.15) is 37.2 Å². The van der Waals surface area contributed by atoms with Crippen LogP contribution < -0.4 is 5.32 Å². The summed E-state index contributed by atoms with van der Waals surface area (Å²) in [5.74, 6) is 1.34. The number of hydrogen-bond acceptors (Lipinski definition) is 4. The zero-order valence-electron chi connectivity index (χ0n) is 15.4. The summed E-state index contributed by atoms with van der Waals surface area (Å²) in [5, 5.41) is 7.71. The van der Waals surface area contributed by atoms with Crippen molar-refractivity contribution < 1.29 is 4.79 Å². The van der Waals surface area contributed by atoms with Crippen LogP contribution in [0.2, 0.25) is 0 Å². The average molecular weight is 345 g/mol. The van der Waals surface area contributed by atoms with E-state index in [0.717, 1.165) is 26.2 Å². The first-order valence-corrected chi connectivity index (χ1v) is 9.91. The maximum atomic E-state index is 13.1. The van der Waals surface area contributed by atoms with E-state index in [-0.39, 0.29) is 11.8 Å². The highest BCUT2D eigenvalue weighted by molar-refractivity contribution is 5.81. The minimum Gasteiger partial charge on any atom is -0.342 e. The highest BCUT2D eigenvalue weighted by Crippen LogP contribution is 2.31. The second-order valence-corrected chi connectivity index (χ2v) is 8.12. The number of carbonyl (C=O) groups excluding carboxylic acids is 1. The molecule has 4 heterocycles. The van der Waals surface area contributed by atoms with E-state index in [2.05, 4.69) is 26.4 Å². The van der Waals surface area contributed by atoms with E-state index in [1.807, 2.05) is 17.9 Å². The summed E-state index contributed by atoms with van der Waals surface area (Å²) in [4.78, 5) is 17.9. The zero-order chi connectivity index (χ0) is 17.2. The first-order chi connectivity index (χ1) is 12.2. The summed E-state index contributed by atoms with van der Waals surface area (Å²) < 4.78 is 1.83. The second-order valence-electron chi connectivity index (χ2n) is 8.12. The van der Waals surface area contributed by atoms with E-state index in [1.54, 1.807) is 0 Å². The molecule has 1 N–H and O–H groups in total. The lowest BCUT2D eigenvalue weighted by Gasteiger charge is -2.29. The maximum absolute atomic E-state index is 13.1. The summed E-state index contributed by atoms with van der Waals surface area (Å²) in [6.07, 6.45) is 9.21. The molecule has 1 amide bonds. The van der Waals surface area contributed by atoms with Crippen molar-refractivity contribution in [1.82, 2.24) is 24.9 Å². The van der Waals surface area contributed by atoms with Crippen molar-refractivity contribution in [2.45, 2.75) is 31.6 Å². The largest absolute Gasteiger partial charge is 0.342 e. The minimum atomic E-state index is 0.0675. The van der Waals surface area contributed by atoms with Crippen LogP contribution in [-0.4, -0.2) is 71.3 Å². The standard InChI is InChI=1S/C19H31N5O/c1-22-14-16(9-21-22)17-10-20-11-18(17)19(25)24-8-5-15(13-24)12-23-6-3-2-4-7-23/h9,14-15,17-18,20H,2-8,10-13H2,1H3/t15?,17-,18+/m1/s1. The number of piperidine rings is 1. The van der Waals surface area contributed by atoms with Gasteiger partial charge in [-0.3, -0.25) is 9.48 Å². The van der Waals surface area contributed by atoms with Crippen LogP contribution in [-0.2, 0) is 11.8 Å². The van der Waals surface area contributed by atoms with Gasteiger partial charge in [-0.1, -0.05) is 6.42 Å². The number of hydrogen-bond donors (Lipinski definition) is 1. The van der Waals surface area contributed by atoms with Crippen LogP contribution in [0.15, 0.2) is 12.4 Å². The van der Waals surface area contributed by atoms with Gasteiger partial charge in [0.15, 0.2) is 0 Å². The third kappa shape index (κ3) is 3.75. The molecular weight excluding hydrogens is 314 g/mol. The van der Waals surface area contributed by atoms with Crippen LogP contribution in [0.4, 0.5) is 0 Å². The predicted octanol–water partition coefficient (Wildman–Crippen LogP) is 1.06. The minimum absolute atomic E-state index is 0.0675.